The molecule has 23 heavy (non-hydrogen) atoms. The van der Waals surface area contributed by atoms with E-state index in [-0.39, 0.29) is 17.0 Å². The van der Waals surface area contributed by atoms with E-state index >= 15 is 0 Å². The summed E-state index contributed by atoms with van der Waals surface area (Å²) >= 11 is 0. The van der Waals surface area contributed by atoms with Crippen LogP contribution in [0, 0.1) is 18.6 Å². The number of nitrogens with zero attached hydrogens (tertiary/aromatic N) is 2. The second-order valence-electron chi connectivity index (χ2n) is 5.59. The largest absolute Gasteiger partial charge is 0.273 e. The van der Waals surface area contributed by atoms with E-state index in [4.69, 9.17) is 0 Å². The molecule has 0 aromatic heterocycles. The maximum atomic E-state index is 14.4. The number of hydrazone groups is 1. The zero-order chi connectivity index (χ0) is 16.6. The fraction of sp³-hybridized carbons (Fsp3) is 0.222. The minimum atomic E-state index is -0.516. The molecule has 2 aromatic rings. The zero-order valence-corrected chi connectivity index (χ0v) is 12.9. The van der Waals surface area contributed by atoms with E-state index in [9.17, 15) is 13.6 Å². The number of fused-ring (bicyclic) bond motifs is 1. The predicted molar refractivity (Wildman–Crippen MR) is 85.6 cm³/mol. The van der Waals surface area contributed by atoms with Gasteiger partial charge in [-0.05, 0) is 49.1 Å². The minimum absolute atomic E-state index is 0.113. The summed E-state index contributed by atoms with van der Waals surface area (Å²) in [5.74, 6) is -1.29. The topological polar surface area (TPSA) is 32.7 Å². The SMILES string of the molecule is CC(=O)N1N=C(c2cc(F)cc(C)c2F)CCc2ccccc21. The van der Waals surface area contributed by atoms with Crippen molar-refractivity contribution in [1.29, 1.82) is 0 Å². The molecule has 0 bridgehead atoms. The molecule has 1 heterocycles. The number of anilines is 1. The molecule has 0 saturated carbocycles. The van der Waals surface area contributed by atoms with Gasteiger partial charge in [-0.2, -0.15) is 5.10 Å². The summed E-state index contributed by atoms with van der Waals surface area (Å²) in [6.07, 6.45) is 1.04. The number of benzene rings is 2. The van der Waals surface area contributed by atoms with Gasteiger partial charge in [0, 0.05) is 12.5 Å². The number of amides is 1. The Kier molecular flexibility index (Phi) is 3.94. The summed E-state index contributed by atoms with van der Waals surface area (Å²) in [7, 11) is 0. The molecule has 5 heteroatoms. The molecule has 0 saturated heterocycles. The Morgan fingerprint density at radius 1 is 1.17 bits per heavy atom. The van der Waals surface area contributed by atoms with Gasteiger partial charge in [0.2, 0.25) is 5.91 Å². The van der Waals surface area contributed by atoms with Gasteiger partial charge in [-0.1, -0.05) is 18.2 Å². The molecule has 3 rings (SSSR count). The first-order chi connectivity index (χ1) is 11.0. The van der Waals surface area contributed by atoms with Crippen LogP contribution in [-0.2, 0) is 11.2 Å². The van der Waals surface area contributed by atoms with E-state index in [0.717, 1.165) is 17.7 Å². The Bertz CT molecular complexity index is 815. The molecule has 0 aliphatic carbocycles. The Morgan fingerprint density at radius 3 is 2.65 bits per heavy atom. The van der Waals surface area contributed by atoms with Crippen LogP contribution in [0.15, 0.2) is 41.5 Å². The van der Waals surface area contributed by atoms with Crippen molar-refractivity contribution in [2.24, 2.45) is 5.10 Å². The van der Waals surface area contributed by atoms with E-state index in [1.165, 1.54) is 18.9 Å². The highest BCUT2D eigenvalue weighted by Crippen LogP contribution is 2.28. The Labute approximate surface area is 133 Å². The average Bonchev–Trinajstić information content (AvgIpc) is 2.71. The van der Waals surface area contributed by atoms with Crippen molar-refractivity contribution < 1.29 is 13.6 Å². The van der Waals surface area contributed by atoms with Crippen LogP contribution in [0.2, 0.25) is 0 Å². The van der Waals surface area contributed by atoms with Gasteiger partial charge in [0.15, 0.2) is 0 Å². The van der Waals surface area contributed by atoms with E-state index in [2.05, 4.69) is 5.10 Å². The molecule has 0 fully saturated rings. The van der Waals surface area contributed by atoms with E-state index in [1.54, 1.807) is 6.07 Å². The number of para-hydroxylation sites is 1. The van der Waals surface area contributed by atoms with Gasteiger partial charge in [0.25, 0.3) is 0 Å². The van der Waals surface area contributed by atoms with Gasteiger partial charge >= 0.3 is 0 Å². The van der Waals surface area contributed by atoms with Crippen LogP contribution in [0.3, 0.4) is 0 Å². The lowest BCUT2D eigenvalue weighted by molar-refractivity contribution is -0.116. The molecule has 0 N–H and O–H groups in total. The fourth-order valence-electron chi connectivity index (χ4n) is 2.77. The Hall–Kier alpha value is -2.56. The normalized spacial score (nSPS) is 14.1. The number of aryl methyl sites for hydroxylation is 2. The molecule has 1 amide bonds. The van der Waals surface area contributed by atoms with Crippen LogP contribution in [-0.4, -0.2) is 11.6 Å². The number of carbonyl (C=O) groups excluding carboxylic acids is 1. The van der Waals surface area contributed by atoms with Gasteiger partial charge in [-0.3, -0.25) is 4.79 Å². The Morgan fingerprint density at radius 2 is 1.91 bits per heavy atom. The van der Waals surface area contributed by atoms with Crippen molar-refractivity contribution in [3.63, 3.8) is 0 Å². The summed E-state index contributed by atoms with van der Waals surface area (Å²) in [6.45, 7) is 2.91. The van der Waals surface area contributed by atoms with E-state index < -0.39 is 11.6 Å². The number of rotatable bonds is 1. The van der Waals surface area contributed by atoms with Crippen LogP contribution >= 0.6 is 0 Å². The predicted octanol–water partition coefficient (Wildman–Crippen LogP) is 3.98. The summed E-state index contributed by atoms with van der Waals surface area (Å²) in [5, 5.41) is 5.58. The zero-order valence-electron chi connectivity index (χ0n) is 12.9. The van der Waals surface area contributed by atoms with Crippen molar-refractivity contribution in [3.05, 3.63) is 64.7 Å². The molecule has 1 aliphatic heterocycles. The maximum Gasteiger partial charge on any atom is 0.244 e. The summed E-state index contributed by atoms with van der Waals surface area (Å²) in [6, 6.07) is 9.70. The first-order valence-electron chi connectivity index (χ1n) is 7.39. The third-order valence-corrected chi connectivity index (χ3v) is 3.90. The lowest BCUT2D eigenvalue weighted by Crippen LogP contribution is -2.24. The maximum absolute atomic E-state index is 14.4. The van der Waals surface area contributed by atoms with Crippen LogP contribution in [0.4, 0.5) is 14.5 Å². The monoisotopic (exact) mass is 314 g/mol. The fourth-order valence-corrected chi connectivity index (χ4v) is 2.77. The van der Waals surface area contributed by atoms with Crippen LogP contribution in [0.25, 0.3) is 0 Å². The van der Waals surface area contributed by atoms with E-state index in [0.29, 0.717) is 24.2 Å². The van der Waals surface area contributed by atoms with Crippen molar-refractivity contribution in [1.82, 2.24) is 0 Å². The second kappa shape index (κ2) is 5.91. The average molecular weight is 314 g/mol. The summed E-state index contributed by atoms with van der Waals surface area (Å²) in [5.41, 5.74) is 2.34. The molecule has 0 spiro atoms. The highest BCUT2D eigenvalue weighted by atomic mass is 19.1. The van der Waals surface area contributed by atoms with Crippen LogP contribution in [0.1, 0.15) is 30.0 Å². The van der Waals surface area contributed by atoms with Crippen molar-refractivity contribution in [2.75, 3.05) is 5.01 Å². The quantitative estimate of drug-likeness (QED) is 0.784. The van der Waals surface area contributed by atoms with Crippen LogP contribution in [0.5, 0.6) is 0 Å². The molecule has 3 nitrogen and oxygen atoms in total. The van der Waals surface area contributed by atoms with Crippen molar-refractivity contribution >= 4 is 17.3 Å². The number of carbonyl (C=O) groups is 1. The summed E-state index contributed by atoms with van der Waals surface area (Å²) in [4.78, 5) is 12.0. The Balaban J connectivity index is 2.14. The molecule has 1 aliphatic rings. The number of hydrogen-bond donors (Lipinski definition) is 0. The van der Waals surface area contributed by atoms with E-state index in [1.807, 2.05) is 18.2 Å². The third kappa shape index (κ3) is 2.86. The van der Waals surface area contributed by atoms with Gasteiger partial charge in [-0.15, -0.1) is 0 Å². The first kappa shape index (κ1) is 15.3. The third-order valence-electron chi connectivity index (χ3n) is 3.90. The lowest BCUT2D eigenvalue weighted by Gasteiger charge is -2.17. The minimum Gasteiger partial charge on any atom is -0.273 e. The second-order valence-corrected chi connectivity index (χ2v) is 5.59. The highest BCUT2D eigenvalue weighted by Gasteiger charge is 2.22. The molecular weight excluding hydrogens is 298 g/mol. The highest BCUT2D eigenvalue weighted by molar-refractivity contribution is 6.05. The first-order valence-corrected chi connectivity index (χ1v) is 7.39. The lowest BCUT2D eigenvalue weighted by atomic mass is 9.99. The van der Waals surface area contributed by atoms with Gasteiger partial charge in [0.1, 0.15) is 11.6 Å². The molecule has 118 valence electrons. The molecule has 2 aromatic carbocycles. The van der Waals surface area contributed by atoms with Crippen LogP contribution < -0.4 is 5.01 Å². The number of hydrogen-bond acceptors (Lipinski definition) is 2. The molecule has 0 atom stereocenters. The van der Waals surface area contributed by atoms with Gasteiger partial charge in [-0.25, -0.2) is 13.8 Å². The molecular formula is C18H16F2N2O. The molecule has 0 unspecified atom stereocenters. The van der Waals surface area contributed by atoms with Crippen molar-refractivity contribution in [3.8, 4) is 0 Å². The smallest absolute Gasteiger partial charge is 0.244 e. The van der Waals surface area contributed by atoms with Crippen molar-refractivity contribution in [2.45, 2.75) is 26.7 Å². The van der Waals surface area contributed by atoms with Gasteiger partial charge in [0.05, 0.1) is 11.4 Å². The molecule has 0 radical (unpaired) electrons. The standard InChI is InChI=1S/C18H16F2N2O/c1-11-9-14(19)10-15(18(11)20)16-8-7-13-5-3-4-6-17(13)22(21-16)12(2)23/h3-6,9-10H,7-8H2,1-2H3. The summed E-state index contributed by atoms with van der Waals surface area (Å²) < 4.78 is 28.1. The number of halogens is 2. The van der Waals surface area contributed by atoms with Gasteiger partial charge < -0.3 is 0 Å².